The monoisotopic (exact) mass is 754 g/mol. The number of benzene rings is 10. The molecule has 0 saturated carbocycles. The average Bonchev–Trinajstić information content (AvgIpc) is 3.31. The highest BCUT2D eigenvalue weighted by Gasteiger charge is 2.27. The van der Waals surface area contributed by atoms with Crippen LogP contribution in [0.5, 0.6) is 11.5 Å². The number of nitrogens with zero attached hydrogens (tertiary/aromatic N) is 2. The molecule has 10 aromatic carbocycles. The molecule has 278 valence electrons. The first-order chi connectivity index (χ1) is 29.3. The second kappa shape index (κ2) is 14.6. The summed E-state index contributed by atoms with van der Waals surface area (Å²) in [5.74, 6) is 1.66. The first-order valence-corrected chi connectivity index (χ1v) is 20.1. The number of fused-ring (bicyclic) bond motifs is 3. The van der Waals surface area contributed by atoms with Crippen LogP contribution in [-0.2, 0) is 0 Å². The summed E-state index contributed by atoms with van der Waals surface area (Å²) in [6, 6.07) is 82.1. The molecule has 1 aliphatic heterocycles. The molecule has 0 fully saturated rings. The number of hydrogen-bond donors (Lipinski definition) is 0. The topological polar surface area (TPSA) is 15.7 Å². The van der Waals surface area contributed by atoms with Crippen LogP contribution in [0.15, 0.2) is 231 Å². The fraction of sp³-hybridized carbons (Fsp3) is 0. The molecule has 0 aliphatic carbocycles. The van der Waals surface area contributed by atoms with Gasteiger partial charge in [0.1, 0.15) is 5.75 Å². The molecule has 0 saturated heterocycles. The highest BCUT2D eigenvalue weighted by Crippen LogP contribution is 2.54. The molecule has 0 spiro atoms. The van der Waals surface area contributed by atoms with Gasteiger partial charge in [-0.15, -0.1) is 0 Å². The molecule has 3 nitrogen and oxygen atoms in total. The SMILES string of the molecule is c1ccc(-c2ccc(N(c3ccc(-c4cccc5ccccc45)cc3)c3cc4c5c(cccc5c3)-c3cccc(N(c5ccccc5)c5ccccc5)c3O4)cc2)cc1. The second-order valence-corrected chi connectivity index (χ2v) is 14.9. The summed E-state index contributed by atoms with van der Waals surface area (Å²) in [7, 11) is 0. The Morgan fingerprint density at radius 3 is 1.51 bits per heavy atom. The maximum absolute atomic E-state index is 7.19. The smallest absolute Gasteiger partial charge is 0.159 e. The van der Waals surface area contributed by atoms with Crippen LogP contribution in [0.4, 0.5) is 34.1 Å². The highest BCUT2D eigenvalue weighted by atomic mass is 16.5. The van der Waals surface area contributed by atoms with Crippen molar-refractivity contribution in [1.82, 2.24) is 0 Å². The Kier molecular flexibility index (Phi) is 8.49. The lowest BCUT2D eigenvalue weighted by molar-refractivity contribution is 0.488. The van der Waals surface area contributed by atoms with Gasteiger partial charge in [0.2, 0.25) is 0 Å². The van der Waals surface area contributed by atoms with Crippen LogP contribution < -0.4 is 14.5 Å². The van der Waals surface area contributed by atoms with E-state index in [1.165, 1.54) is 33.0 Å². The standard InChI is InChI=1S/C56H38N2O/c1-4-15-39(16-5-1)40-29-33-46(34-30-40)57(47-35-31-42(32-36-47)50-25-12-18-41-17-10-11-24-49(41)50)48-37-43-19-13-26-51-52-27-14-28-53(56(52)59-54(38-48)55(43)51)58(44-20-6-2-7-21-44)45-22-8-3-9-23-45/h1-38H. The largest absolute Gasteiger partial charge is 0.454 e. The van der Waals surface area contributed by atoms with Gasteiger partial charge in [-0.05, 0) is 105 Å². The summed E-state index contributed by atoms with van der Waals surface area (Å²) in [4.78, 5) is 4.63. The summed E-state index contributed by atoms with van der Waals surface area (Å²) < 4.78 is 7.19. The van der Waals surface area contributed by atoms with Gasteiger partial charge >= 0.3 is 0 Å². The summed E-state index contributed by atoms with van der Waals surface area (Å²) in [5, 5.41) is 4.71. The molecule has 0 amide bonds. The zero-order valence-electron chi connectivity index (χ0n) is 32.2. The normalized spacial score (nSPS) is 11.5. The Labute approximate surface area is 344 Å². The van der Waals surface area contributed by atoms with Gasteiger partial charge in [-0.1, -0.05) is 164 Å². The van der Waals surface area contributed by atoms with Crippen molar-refractivity contribution in [3.8, 4) is 44.9 Å². The fourth-order valence-electron chi connectivity index (χ4n) is 8.67. The Morgan fingerprint density at radius 2 is 0.814 bits per heavy atom. The van der Waals surface area contributed by atoms with Gasteiger partial charge in [-0.25, -0.2) is 0 Å². The lowest BCUT2D eigenvalue weighted by Crippen LogP contribution is -2.13. The Morgan fingerprint density at radius 1 is 0.305 bits per heavy atom. The first kappa shape index (κ1) is 34.4. The van der Waals surface area contributed by atoms with E-state index in [-0.39, 0.29) is 0 Å². The van der Waals surface area contributed by atoms with Crippen LogP contribution in [0.2, 0.25) is 0 Å². The summed E-state index contributed by atoms with van der Waals surface area (Å²) in [6.45, 7) is 0. The van der Waals surface area contributed by atoms with E-state index in [0.717, 1.165) is 67.5 Å². The van der Waals surface area contributed by atoms with Gasteiger partial charge in [0, 0.05) is 39.8 Å². The quantitative estimate of drug-likeness (QED) is 0.154. The molecule has 0 bridgehead atoms. The molecular formula is C56H38N2O. The van der Waals surface area contributed by atoms with Crippen molar-refractivity contribution in [2.45, 2.75) is 0 Å². The highest BCUT2D eigenvalue weighted by molar-refractivity contribution is 6.08. The van der Waals surface area contributed by atoms with Gasteiger partial charge in [0.05, 0.1) is 11.4 Å². The van der Waals surface area contributed by atoms with Crippen molar-refractivity contribution in [1.29, 1.82) is 0 Å². The van der Waals surface area contributed by atoms with Gasteiger partial charge in [0.25, 0.3) is 0 Å². The zero-order valence-corrected chi connectivity index (χ0v) is 32.2. The van der Waals surface area contributed by atoms with Crippen molar-refractivity contribution >= 4 is 55.7 Å². The number of hydrogen-bond acceptors (Lipinski definition) is 3. The van der Waals surface area contributed by atoms with Crippen LogP contribution in [0, 0.1) is 0 Å². The number of anilines is 6. The van der Waals surface area contributed by atoms with Crippen molar-refractivity contribution in [3.63, 3.8) is 0 Å². The molecule has 3 heteroatoms. The van der Waals surface area contributed by atoms with Gasteiger partial charge in [-0.3, -0.25) is 0 Å². The summed E-state index contributed by atoms with van der Waals surface area (Å²) in [6.07, 6.45) is 0. The van der Waals surface area contributed by atoms with E-state index in [0.29, 0.717) is 0 Å². The molecule has 1 heterocycles. The second-order valence-electron chi connectivity index (χ2n) is 14.9. The van der Waals surface area contributed by atoms with E-state index in [1.807, 2.05) is 0 Å². The van der Waals surface area contributed by atoms with Crippen LogP contribution in [0.25, 0.3) is 54.9 Å². The van der Waals surface area contributed by atoms with E-state index < -0.39 is 0 Å². The molecular weight excluding hydrogens is 717 g/mol. The Balaban J connectivity index is 1.06. The summed E-state index contributed by atoms with van der Waals surface area (Å²) in [5.41, 5.74) is 13.2. The third kappa shape index (κ3) is 6.17. The third-order valence-electron chi connectivity index (χ3n) is 11.4. The Bertz CT molecular complexity index is 3060. The molecule has 0 atom stereocenters. The van der Waals surface area contributed by atoms with Gasteiger partial charge < -0.3 is 14.5 Å². The third-order valence-corrected chi connectivity index (χ3v) is 11.4. The van der Waals surface area contributed by atoms with Crippen molar-refractivity contribution < 1.29 is 4.74 Å². The van der Waals surface area contributed by atoms with E-state index >= 15 is 0 Å². The summed E-state index contributed by atoms with van der Waals surface area (Å²) >= 11 is 0. The number of para-hydroxylation sites is 3. The predicted octanol–water partition coefficient (Wildman–Crippen LogP) is 16.0. The maximum atomic E-state index is 7.19. The van der Waals surface area contributed by atoms with E-state index in [4.69, 9.17) is 4.74 Å². The average molecular weight is 755 g/mol. The van der Waals surface area contributed by atoms with E-state index in [2.05, 4.69) is 240 Å². The van der Waals surface area contributed by atoms with E-state index in [9.17, 15) is 0 Å². The van der Waals surface area contributed by atoms with Crippen molar-refractivity contribution in [3.05, 3.63) is 231 Å². The molecule has 0 unspecified atom stereocenters. The number of rotatable bonds is 8. The van der Waals surface area contributed by atoms with Crippen molar-refractivity contribution in [2.24, 2.45) is 0 Å². The molecule has 0 N–H and O–H groups in total. The molecule has 1 aliphatic rings. The molecule has 11 rings (SSSR count). The van der Waals surface area contributed by atoms with Crippen molar-refractivity contribution in [2.75, 3.05) is 9.80 Å². The predicted molar refractivity (Wildman–Crippen MR) is 247 cm³/mol. The Hall–Kier alpha value is -7.88. The van der Waals surface area contributed by atoms with Gasteiger partial charge in [0.15, 0.2) is 5.75 Å². The minimum Gasteiger partial charge on any atom is -0.454 e. The van der Waals surface area contributed by atoms with Crippen LogP contribution in [0.1, 0.15) is 0 Å². The van der Waals surface area contributed by atoms with Crippen LogP contribution in [0.3, 0.4) is 0 Å². The first-order valence-electron chi connectivity index (χ1n) is 20.1. The van der Waals surface area contributed by atoms with Crippen LogP contribution >= 0.6 is 0 Å². The fourth-order valence-corrected chi connectivity index (χ4v) is 8.67. The van der Waals surface area contributed by atoms with Gasteiger partial charge in [-0.2, -0.15) is 0 Å². The molecule has 10 aromatic rings. The lowest BCUT2D eigenvalue weighted by atomic mass is 9.93. The molecule has 0 aromatic heterocycles. The van der Waals surface area contributed by atoms with Crippen LogP contribution in [-0.4, -0.2) is 0 Å². The number of ether oxygens (including phenoxy) is 1. The maximum Gasteiger partial charge on any atom is 0.159 e. The molecule has 59 heavy (non-hydrogen) atoms. The zero-order chi connectivity index (χ0) is 39.1. The van der Waals surface area contributed by atoms with E-state index in [1.54, 1.807) is 0 Å². The minimum atomic E-state index is 0.826. The lowest BCUT2D eigenvalue weighted by Gasteiger charge is -2.32. The minimum absolute atomic E-state index is 0.826. The molecule has 0 radical (unpaired) electrons.